The van der Waals surface area contributed by atoms with E-state index in [9.17, 15) is 0 Å². The predicted octanol–water partition coefficient (Wildman–Crippen LogP) is 7.48. The van der Waals surface area contributed by atoms with Gasteiger partial charge in [-0.15, -0.1) is 0 Å². The van der Waals surface area contributed by atoms with Crippen molar-refractivity contribution >= 4 is 17.1 Å². The van der Waals surface area contributed by atoms with E-state index in [4.69, 9.17) is 0 Å². The predicted molar refractivity (Wildman–Crippen MR) is 121 cm³/mol. The maximum Gasteiger partial charge on any atom is 0.0502 e. The third-order valence-corrected chi connectivity index (χ3v) is 7.49. The van der Waals surface area contributed by atoms with Crippen molar-refractivity contribution in [1.29, 1.82) is 0 Å². The van der Waals surface area contributed by atoms with E-state index in [-0.39, 0.29) is 5.41 Å². The molecule has 3 unspecified atom stereocenters. The van der Waals surface area contributed by atoms with E-state index in [1.165, 1.54) is 46.6 Å². The number of fused-ring (bicyclic) bond motifs is 4. The molecule has 3 atom stereocenters. The average Bonchev–Trinajstić information content (AvgIpc) is 3.38. The molecule has 1 heterocycles. The van der Waals surface area contributed by atoms with Gasteiger partial charge in [0.1, 0.15) is 0 Å². The van der Waals surface area contributed by atoms with Crippen LogP contribution in [0.2, 0.25) is 0 Å². The number of nitrogens with zero attached hydrogens (tertiary/aromatic N) is 1. The van der Waals surface area contributed by atoms with Crippen LogP contribution in [0.1, 0.15) is 49.3 Å². The third-order valence-electron chi connectivity index (χ3n) is 7.49. The van der Waals surface area contributed by atoms with Gasteiger partial charge >= 0.3 is 0 Å². The average molecular weight is 378 g/mol. The van der Waals surface area contributed by atoms with Crippen LogP contribution < -0.4 is 4.90 Å². The quantitative estimate of drug-likeness (QED) is 0.419. The molecular formula is C28H27N. The molecule has 3 aliphatic rings. The summed E-state index contributed by atoms with van der Waals surface area (Å²) in [5, 5.41) is 0. The topological polar surface area (TPSA) is 3.24 Å². The molecular weight excluding hydrogens is 350 g/mol. The second-order valence-electron chi connectivity index (χ2n) is 9.47. The molecule has 29 heavy (non-hydrogen) atoms. The SMILES string of the molecule is CC1(C)c2ccccc2N(c2ccc(C3CC4C=CC3C4)cc2)c2ccccc21. The van der Waals surface area contributed by atoms with Crippen molar-refractivity contribution in [3.05, 3.63) is 102 Å². The van der Waals surface area contributed by atoms with Crippen LogP contribution in [-0.2, 0) is 5.41 Å². The second-order valence-corrected chi connectivity index (χ2v) is 9.47. The van der Waals surface area contributed by atoms with Crippen LogP contribution in [0, 0.1) is 11.8 Å². The van der Waals surface area contributed by atoms with Gasteiger partial charge in [-0.25, -0.2) is 0 Å². The summed E-state index contributed by atoms with van der Waals surface area (Å²) >= 11 is 0. The lowest BCUT2D eigenvalue weighted by atomic mass is 9.73. The maximum atomic E-state index is 2.45. The van der Waals surface area contributed by atoms with E-state index in [2.05, 4.69) is 104 Å². The Morgan fingerprint density at radius 1 is 0.724 bits per heavy atom. The zero-order valence-corrected chi connectivity index (χ0v) is 17.2. The molecule has 3 aromatic rings. The summed E-state index contributed by atoms with van der Waals surface area (Å²) in [5.74, 6) is 2.27. The molecule has 1 aliphatic heterocycles. The Morgan fingerprint density at radius 3 is 1.90 bits per heavy atom. The molecule has 0 N–H and O–H groups in total. The number of benzene rings is 3. The van der Waals surface area contributed by atoms with Gasteiger partial charge in [0.25, 0.3) is 0 Å². The highest BCUT2D eigenvalue weighted by Gasteiger charge is 2.38. The molecule has 0 aromatic heterocycles. The van der Waals surface area contributed by atoms with Gasteiger partial charge in [0.2, 0.25) is 0 Å². The van der Waals surface area contributed by atoms with Crippen molar-refractivity contribution < 1.29 is 0 Å². The van der Waals surface area contributed by atoms with Gasteiger partial charge in [0, 0.05) is 11.1 Å². The smallest absolute Gasteiger partial charge is 0.0502 e. The van der Waals surface area contributed by atoms with Crippen LogP contribution in [0.5, 0.6) is 0 Å². The summed E-state index contributed by atoms with van der Waals surface area (Å²) in [6, 6.07) is 27.2. The first-order valence-corrected chi connectivity index (χ1v) is 10.9. The molecule has 0 spiro atoms. The van der Waals surface area contributed by atoms with Crippen molar-refractivity contribution in [3.8, 4) is 0 Å². The van der Waals surface area contributed by atoms with Gasteiger partial charge in [0.15, 0.2) is 0 Å². The molecule has 3 aromatic carbocycles. The maximum absolute atomic E-state index is 2.45. The van der Waals surface area contributed by atoms with E-state index in [0.717, 1.165) is 11.8 Å². The fraction of sp³-hybridized carbons (Fsp3) is 0.286. The molecule has 0 radical (unpaired) electrons. The largest absolute Gasteiger partial charge is 0.310 e. The minimum absolute atomic E-state index is 0.000947. The Morgan fingerprint density at radius 2 is 1.34 bits per heavy atom. The lowest BCUT2D eigenvalue weighted by molar-refractivity contribution is 0.585. The van der Waals surface area contributed by atoms with Crippen molar-refractivity contribution in [2.24, 2.45) is 11.8 Å². The standard InChI is InChI=1S/C28H27N/c1-28(2)24-7-3-5-9-26(24)29(27-10-6-4-8-25(27)28)22-15-13-20(14-16-22)23-18-19-11-12-21(23)17-19/h3-16,19,21,23H,17-18H2,1-2H3. The number of allylic oxidation sites excluding steroid dienone is 2. The van der Waals surface area contributed by atoms with Gasteiger partial charge in [-0.05, 0) is 71.6 Å². The summed E-state index contributed by atoms with van der Waals surface area (Å²) in [6.45, 7) is 4.68. The lowest BCUT2D eigenvalue weighted by Gasteiger charge is -2.42. The molecule has 2 bridgehead atoms. The minimum atomic E-state index is -0.000947. The van der Waals surface area contributed by atoms with Crippen molar-refractivity contribution in [2.45, 2.75) is 38.0 Å². The first kappa shape index (κ1) is 17.1. The first-order valence-electron chi connectivity index (χ1n) is 10.9. The van der Waals surface area contributed by atoms with Gasteiger partial charge in [-0.2, -0.15) is 0 Å². The molecule has 0 amide bonds. The van der Waals surface area contributed by atoms with Crippen LogP contribution in [0.25, 0.3) is 0 Å². The third kappa shape index (κ3) is 2.46. The fourth-order valence-corrected chi connectivity index (χ4v) is 5.98. The monoisotopic (exact) mass is 377 g/mol. The fourth-order valence-electron chi connectivity index (χ4n) is 5.98. The Balaban J connectivity index is 1.45. The summed E-state index contributed by atoms with van der Waals surface area (Å²) in [4.78, 5) is 2.44. The van der Waals surface area contributed by atoms with Gasteiger partial charge in [0.05, 0.1) is 11.4 Å². The van der Waals surface area contributed by atoms with Crippen LogP contribution in [0.15, 0.2) is 84.9 Å². The van der Waals surface area contributed by atoms with E-state index in [1.54, 1.807) is 0 Å². The minimum Gasteiger partial charge on any atom is -0.310 e. The van der Waals surface area contributed by atoms with Gasteiger partial charge in [-0.3, -0.25) is 0 Å². The van der Waals surface area contributed by atoms with E-state index >= 15 is 0 Å². The van der Waals surface area contributed by atoms with E-state index in [0.29, 0.717) is 5.92 Å². The number of hydrogen-bond acceptors (Lipinski definition) is 1. The molecule has 1 nitrogen and oxygen atoms in total. The highest BCUT2D eigenvalue weighted by atomic mass is 15.2. The first-order chi connectivity index (χ1) is 14.1. The van der Waals surface area contributed by atoms with E-state index < -0.39 is 0 Å². The Bertz CT molecular complexity index is 1060. The number of hydrogen-bond donors (Lipinski definition) is 0. The lowest BCUT2D eigenvalue weighted by Crippen LogP contribution is -2.30. The highest BCUT2D eigenvalue weighted by Crippen LogP contribution is 2.52. The molecule has 2 aliphatic carbocycles. The number of para-hydroxylation sites is 2. The summed E-state index contributed by atoms with van der Waals surface area (Å²) in [5.41, 5.74) is 8.13. The summed E-state index contributed by atoms with van der Waals surface area (Å²) < 4.78 is 0. The van der Waals surface area contributed by atoms with E-state index in [1.807, 2.05) is 0 Å². The molecule has 0 saturated heterocycles. The van der Waals surface area contributed by atoms with Crippen LogP contribution in [0.3, 0.4) is 0 Å². The normalized spacial score (nSPS) is 25.7. The number of anilines is 3. The van der Waals surface area contributed by atoms with Crippen molar-refractivity contribution in [2.75, 3.05) is 4.90 Å². The Hall–Kier alpha value is -2.80. The summed E-state index contributed by atoms with van der Waals surface area (Å²) in [7, 11) is 0. The van der Waals surface area contributed by atoms with Crippen molar-refractivity contribution in [1.82, 2.24) is 0 Å². The highest BCUT2D eigenvalue weighted by molar-refractivity contribution is 5.85. The van der Waals surface area contributed by atoms with Crippen LogP contribution >= 0.6 is 0 Å². The van der Waals surface area contributed by atoms with Crippen LogP contribution in [-0.4, -0.2) is 0 Å². The molecule has 1 saturated carbocycles. The Kier molecular flexibility index (Phi) is 3.59. The van der Waals surface area contributed by atoms with Gasteiger partial charge < -0.3 is 4.90 Å². The molecule has 1 heteroatoms. The van der Waals surface area contributed by atoms with Crippen LogP contribution in [0.4, 0.5) is 17.1 Å². The Labute approximate surface area is 173 Å². The summed E-state index contributed by atoms with van der Waals surface area (Å²) in [6.07, 6.45) is 7.56. The van der Waals surface area contributed by atoms with Gasteiger partial charge in [-0.1, -0.05) is 74.5 Å². The van der Waals surface area contributed by atoms with Crippen molar-refractivity contribution in [3.63, 3.8) is 0 Å². The zero-order chi connectivity index (χ0) is 19.6. The zero-order valence-electron chi connectivity index (χ0n) is 17.2. The molecule has 6 rings (SSSR count). The number of rotatable bonds is 2. The molecule has 144 valence electrons. The molecule has 1 fully saturated rings. The second kappa shape index (κ2) is 6.10.